The van der Waals surface area contributed by atoms with Crippen molar-refractivity contribution in [2.75, 3.05) is 25.3 Å². The van der Waals surface area contributed by atoms with Gasteiger partial charge in [0.05, 0.1) is 19.1 Å². The van der Waals surface area contributed by atoms with Gasteiger partial charge >= 0.3 is 6.09 Å². The molecule has 0 radical (unpaired) electrons. The number of amides is 1. The van der Waals surface area contributed by atoms with E-state index in [2.05, 4.69) is 24.3 Å². The predicted octanol–water partition coefficient (Wildman–Crippen LogP) is 4.80. The number of rotatable bonds is 8. The van der Waals surface area contributed by atoms with Crippen LogP contribution in [-0.4, -0.2) is 46.6 Å². The topological polar surface area (TPSA) is 72.4 Å². The van der Waals surface area contributed by atoms with E-state index in [0.29, 0.717) is 24.1 Å². The monoisotopic (exact) mass is 443 g/mol. The van der Waals surface area contributed by atoms with E-state index in [1.807, 2.05) is 24.2 Å². The summed E-state index contributed by atoms with van der Waals surface area (Å²) in [5.41, 5.74) is 0.0465. The van der Waals surface area contributed by atoms with Gasteiger partial charge in [0.25, 0.3) is 6.64 Å². The molecule has 1 rings (SSSR count). The quantitative estimate of drug-likeness (QED) is 0.109. The number of nitrogens with zero attached hydrogens (tertiary/aromatic N) is 2. The van der Waals surface area contributed by atoms with Crippen molar-refractivity contribution in [1.82, 2.24) is 9.39 Å². The van der Waals surface area contributed by atoms with Crippen LogP contribution in [0.2, 0.25) is 0 Å². The summed E-state index contributed by atoms with van der Waals surface area (Å²) in [6, 6.07) is 0.108. The molecule has 0 aromatic carbocycles. The van der Waals surface area contributed by atoms with Gasteiger partial charge in [0, 0.05) is 11.5 Å². The first-order valence-electron chi connectivity index (χ1n) is 8.57. The summed E-state index contributed by atoms with van der Waals surface area (Å²) in [4.78, 5) is 16.4. The number of thioether (sulfide) groups is 1. The van der Waals surface area contributed by atoms with Gasteiger partial charge in [-0.25, -0.2) is 4.79 Å². The summed E-state index contributed by atoms with van der Waals surface area (Å²) >= 11 is 8.52. The molecule has 0 atom stereocenters. The molecule has 26 heavy (non-hydrogen) atoms. The van der Waals surface area contributed by atoms with Crippen molar-refractivity contribution in [2.24, 2.45) is 10.6 Å². The Morgan fingerprint density at radius 1 is 1.38 bits per heavy atom. The van der Waals surface area contributed by atoms with Gasteiger partial charge in [-0.1, -0.05) is 19.0 Å². The second-order valence-corrected chi connectivity index (χ2v) is 11.7. The predicted molar refractivity (Wildman–Crippen MR) is 115 cm³/mol. The molecule has 0 saturated carbocycles. The summed E-state index contributed by atoms with van der Waals surface area (Å²) in [5.74, 6) is 0.294. The molecule has 0 spiro atoms. The summed E-state index contributed by atoms with van der Waals surface area (Å²) in [6.07, 6.45) is 3.25. The zero-order valence-corrected chi connectivity index (χ0v) is 19.7. The molecule has 1 saturated heterocycles. The highest BCUT2D eigenvalue weighted by atomic mass is 32.5. The maximum atomic E-state index is 11.7. The molecule has 1 N–H and O–H groups in total. The van der Waals surface area contributed by atoms with E-state index in [-0.39, 0.29) is 11.5 Å². The third-order valence-electron chi connectivity index (χ3n) is 4.22. The molecule has 1 aliphatic rings. The van der Waals surface area contributed by atoms with Crippen LogP contribution in [0.4, 0.5) is 4.79 Å². The molecule has 0 unspecified atom stereocenters. The number of nitrogens with one attached hydrogen (secondary N) is 1. The zero-order valence-electron chi connectivity index (χ0n) is 16.3. The number of oxime groups is 1. The summed E-state index contributed by atoms with van der Waals surface area (Å²) in [5, 5.41) is 7.01. The fourth-order valence-corrected chi connectivity index (χ4v) is 6.92. The molecular weight excluding hydrogens is 413 g/mol. The largest absolute Gasteiger partial charge is 0.434 e. The van der Waals surface area contributed by atoms with Crippen LogP contribution in [0.5, 0.6) is 0 Å². The van der Waals surface area contributed by atoms with E-state index in [1.165, 1.54) is 23.7 Å². The van der Waals surface area contributed by atoms with Crippen LogP contribution >= 0.6 is 30.4 Å². The molecular formula is C15H30N3O4PS3. The van der Waals surface area contributed by atoms with E-state index in [4.69, 9.17) is 25.7 Å². The van der Waals surface area contributed by atoms with Crippen LogP contribution < -0.4 is 5.32 Å². The molecule has 1 aliphatic heterocycles. The van der Waals surface area contributed by atoms with Gasteiger partial charge in [-0.2, -0.15) is 4.08 Å². The molecule has 11 heteroatoms. The first-order valence-corrected chi connectivity index (χ1v) is 13.3. The van der Waals surface area contributed by atoms with Crippen LogP contribution in [0, 0.1) is 5.41 Å². The molecule has 0 aromatic heterocycles. The fourth-order valence-electron chi connectivity index (χ4n) is 2.12. The maximum Gasteiger partial charge on any atom is 0.434 e. The molecule has 1 fully saturated rings. The van der Waals surface area contributed by atoms with E-state index >= 15 is 0 Å². The van der Waals surface area contributed by atoms with Crippen molar-refractivity contribution in [2.45, 2.75) is 53.5 Å². The minimum Gasteiger partial charge on any atom is -0.317 e. The Balaban J connectivity index is 2.59. The molecule has 7 nitrogen and oxygen atoms in total. The van der Waals surface area contributed by atoms with Gasteiger partial charge in [0.15, 0.2) is 0 Å². The molecule has 1 amide bonds. The Labute approximate surface area is 170 Å². The number of hydrogen-bond acceptors (Lipinski definition) is 8. The molecule has 0 aliphatic carbocycles. The normalized spacial score (nSPS) is 19.6. The Morgan fingerprint density at radius 2 is 1.96 bits per heavy atom. The first kappa shape index (κ1) is 24.2. The average Bonchev–Trinajstić information content (AvgIpc) is 2.63. The lowest BCUT2D eigenvalue weighted by atomic mass is 9.84. The first-order chi connectivity index (χ1) is 12.2. The SMILES string of the molecule is CCC1(CC)COP(=S)(N(SCNC(=O)O/N=C(\C)SC)C(C)C)OC1. The Kier molecular flexibility index (Phi) is 10.5. The summed E-state index contributed by atoms with van der Waals surface area (Å²) in [6.45, 7) is 8.77. The van der Waals surface area contributed by atoms with Crippen LogP contribution in [0.1, 0.15) is 47.5 Å². The summed E-state index contributed by atoms with van der Waals surface area (Å²) < 4.78 is 14.1. The minimum atomic E-state index is -2.58. The molecule has 152 valence electrons. The number of carbonyl (C=O) groups is 1. The average molecular weight is 444 g/mol. The van der Waals surface area contributed by atoms with Crippen molar-refractivity contribution in [1.29, 1.82) is 0 Å². The highest BCUT2D eigenvalue weighted by Crippen LogP contribution is 2.61. The van der Waals surface area contributed by atoms with Crippen molar-refractivity contribution in [3.8, 4) is 0 Å². The smallest absolute Gasteiger partial charge is 0.317 e. The van der Waals surface area contributed by atoms with Crippen LogP contribution in [0.3, 0.4) is 0 Å². The Morgan fingerprint density at radius 3 is 2.42 bits per heavy atom. The maximum absolute atomic E-state index is 11.7. The van der Waals surface area contributed by atoms with Gasteiger partial charge in [0.2, 0.25) is 0 Å². The standard InChI is InChI=1S/C15H30N3O4PS3/c1-7-15(8-2)9-20-23(24,21-10-15)18(12(3)4)26-11-16-14(19)22-17-13(5)25-6/h12H,7-11H2,1-6H3,(H,16,19)/b17-13+. The number of carbonyl (C=O) groups excluding carboxylic acids is 1. The molecule has 1 heterocycles. The molecule has 0 aromatic rings. The fraction of sp³-hybridized carbons (Fsp3) is 0.867. The second kappa shape index (κ2) is 11.2. The highest BCUT2D eigenvalue weighted by Gasteiger charge is 2.42. The number of hydrogen-bond donors (Lipinski definition) is 1. The summed E-state index contributed by atoms with van der Waals surface area (Å²) in [7, 11) is 0. The lowest BCUT2D eigenvalue weighted by molar-refractivity contribution is 0.0178. The van der Waals surface area contributed by atoms with Crippen molar-refractivity contribution >= 4 is 53.3 Å². The van der Waals surface area contributed by atoms with Gasteiger partial charge in [-0.15, -0.1) is 11.8 Å². The van der Waals surface area contributed by atoms with Crippen molar-refractivity contribution in [3.63, 3.8) is 0 Å². The third-order valence-corrected chi connectivity index (χ3v) is 10.2. The van der Waals surface area contributed by atoms with Crippen molar-refractivity contribution in [3.05, 3.63) is 0 Å². The Hall–Kier alpha value is 0.170. The van der Waals surface area contributed by atoms with E-state index in [9.17, 15) is 4.79 Å². The van der Waals surface area contributed by atoms with E-state index < -0.39 is 12.7 Å². The van der Waals surface area contributed by atoms with Crippen LogP contribution in [0.25, 0.3) is 0 Å². The zero-order chi connectivity index (χ0) is 19.8. The minimum absolute atomic E-state index is 0.0465. The second-order valence-electron chi connectivity index (χ2n) is 6.26. The van der Waals surface area contributed by atoms with Gasteiger partial charge in [-0.3, -0.25) is 4.84 Å². The van der Waals surface area contributed by atoms with E-state index in [0.717, 1.165) is 12.8 Å². The van der Waals surface area contributed by atoms with Crippen LogP contribution in [-0.2, 0) is 25.7 Å². The van der Waals surface area contributed by atoms with E-state index in [1.54, 1.807) is 6.92 Å². The van der Waals surface area contributed by atoms with Crippen molar-refractivity contribution < 1.29 is 18.7 Å². The molecule has 0 bridgehead atoms. The lowest BCUT2D eigenvalue weighted by Gasteiger charge is -2.44. The Bertz CT molecular complexity index is 530. The van der Waals surface area contributed by atoms with Crippen LogP contribution in [0.15, 0.2) is 5.16 Å². The highest BCUT2D eigenvalue weighted by molar-refractivity contribution is 8.15. The van der Waals surface area contributed by atoms with Gasteiger partial charge in [-0.05, 0) is 63.6 Å². The van der Waals surface area contributed by atoms with Gasteiger partial charge < -0.3 is 14.4 Å². The van der Waals surface area contributed by atoms with Gasteiger partial charge in [0.1, 0.15) is 5.04 Å². The lowest BCUT2D eigenvalue weighted by Crippen LogP contribution is -2.38. The third kappa shape index (κ3) is 6.96.